The Morgan fingerprint density at radius 1 is 1.20 bits per heavy atom. The van der Waals surface area contributed by atoms with Crippen molar-refractivity contribution in [3.05, 3.63) is 0 Å². The van der Waals surface area contributed by atoms with E-state index in [4.69, 9.17) is 5.11 Å². The maximum atomic E-state index is 10.8. The van der Waals surface area contributed by atoms with Gasteiger partial charge in [0.25, 0.3) is 0 Å². The van der Waals surface area contributed by atoms with Crippen LogP contribution in [0.3, 0.4) is 0 Å². The van der Waals surface area contributed by atoms with E-state index in [1.807, 2.05) is 0 Å². The molecule has 15 heavy (non-hydrogen) atoms. The van der Waals surface area contributed by atoms with Crippen LogP contribution in [0.15, 0.2) is 0 Å². The van der Waals surface area contributed by atoms with Gasteiger partial charge in [-0.2, -0.15) is 0 Å². The van der Waals surface area contributed by atoms with E-state index in [1.54, 1.807) is 0 Å². The van der Waals surface area contributed by atoms with Gasteiger partial charge in [0.2, 0.25) is 0 Å². The van der Waals surface area contributed by atoms with Gasteiger partial charge >= 0.3 is 5.97 Å². The summed E-state index contributed by atoms with van der Waals surface area (Å²) >= 11 is 0. The Bertz CT molecular complexity index is 220. The van der Waals surface area contributed by atoms with Crippen molar-refractivity contribution in [2.24, 2.45) is 5.92 Å². The number of carboxylic acid groups (broad SMARTS) is 1. The number of carbonyl (C=O) groups is 1. The van der Waals surface area contributed by atoms with Crippen LogP contribution in [0.4, 0.5) is 0 Å². The molecule has 3 nitrogen and oxygen atoms in total. The van der Waals surface area contributed by atoms with Crippen molar-refractivity contribution in [3.8, 4) is 0 Å². The Balaban J connectivity index is 1.86. The van der Waals surface area contributed by atoms with E-state index >= 15 is 0 Å². The summed E-state index contributed by atoms with van der Waals surface area (Å²) in [5.41, 5.74) is 0. The summed E-state index contributed by atoms with van der Waals surface area (Å²) in [5.74, 6) is -0.0471. The zero-order valence-electron chi connectivity index (χ0n) is 9.24. The summed E-state index contributed by atoms with van der Waals surface area (Å²) in [4.78, 5) is 10.8. The van der Waals surface area contributed by atoms with Crippen molar-refractivity contribution >= 4 is 5.97 Å². The maximum Gasteiger partial charge on any atom is 0.304 e. The number of aliphatic carboxylic acids is 1. The van der Waals surface area contributed by atoms with Gasteiger partial charge in [0, 0.05) is 12.1 Å². The van der Waals surface area contributed by atoms with Crippen LogP contribution in [0.1, 0.15) is 51.4 Å². The fourth-order valence-corrected chi connectivity index (χ4v) is 2.64. The van der Waals surface area contributed by atoms with E-state index in [2.05, 4.69) is 5.32 Å². The molecule has 0 aromatic heterocycles. The van der Waals surface area contributed by atoms with Gasteiger partial charge in [-0.15, -0.1) is 0 Å². The molecular weight excluding hydrogens is 190 g/mol. The third-order valence-corrected chi connectivity index (χ3v) is 3.64. The molecule has 0 radical (unpaired) electrons. The Hall–Kier alpha value is -0.570. The fourth-order valence-electron chi connectivity index (χ4n) is 2.64. The van der Waals surface area contributed by atoms with Gasteiger partial charge in [-0.05, 0) is 31.6 Å². The number of hydrogen-bond donors (Lipinski definition) is 2. The van der Waals surface area contributed by atoms with Crippen LogP contribution in [0.5, 0.6) is 0 Å². The molecule has 0 spiro atoms. The van der Waals surface area contributed by atoms with E-state index in [0.717, 1.165) is 0 Å². The third-order valence-electron chi connectivity index (χ3n) is 3.64. The minimum atomic E-state index is -0.654. The van der Waals surface area contributed by atoms with E-state index in [-0.39, 0.29) is 6.04 Å². The lowest BCUT2D eigenvalue weighted by atomic mass is 9.82. The van der Waals surface area contributed by atoms with Gasteiger partial charge in [0.1, 0.15) is 0 Å². The maximum absolute atomic E-state index is 10.8. The predicted molar refractivity (Wildman–Crippen MR) is 58.8 cm³/mol. The Morgan fingerprint density at radius 3 is 2.40 bits per heavy atom. The molecule has 3 heteroatoms. The van der Waals surface area contributed by atoms with Gasteiger partial charge < -0.3 is 10.4 Å². The van der Waals surface area contributed by atoms with Crippen molar-refractivity contribution in [1.29, 1.82) is 0 Å². The molecule has 1 atom stereocenters. The summed E-state index contributed by atoms with van der Waals surface area (Å²) in [6.07, 6.45) is 9.13. The van der Waals surface area contributed by atoms with E-state index in [9.17, 15) is 4.79 Å². The largest absolute Gasteiger partial charge is 0.481 e. The number of nitrogens with one attached hydrogen (secondary N) is 1. The van der Waals surface area contributed by atoms with Crippen LogP contribution in [0, 0.1) is 5.92 Å². The molecule has 2 N–H and O–H groups in total. The van der Waals surface area contributed by atoms with Crippen LogP contribution in [-0.4, -0.2) is 23.2 Å². The molecule has 0 amide bonds. The van der Waals surface area contributed by atoms with Crippen LogP contribution in [-0.2, 0) is 4.79 Å². The van der Waals surface area contributed by atoms with Gasteiger partial charge in [0.15, 0.2) is 0 Å². The van der Waals surface area contributed by atoms with Gasteiger partial charge in [0.05, 0.1) is 6.42 Å². The van der Waals surface area contributed by atoms with E-state index < -0.39 is 5.97 Å². The van der Waals surface area contributed by atoms with Crippen LogP contribution in [0.25, 0.3) is 0 Å². The summed E-state index contributed by atoms with van der Waals surface area (Å²) < 4.78 is 0. The Morgan fingerprint density at radius 2 is 1.87 bits per heavy atom. The van der Waals surface area contributed by atoms with Crippen LogP contribution in [0.2, 0.25) is 0 Å². The first-order valence-corrected chi connectivity index (χ1v) is 6.23. The van der Waals surface area contributed by atoms with Crippen molar-refractivity contribution in [1.82, 2.24) is 5.32 Å². The molecular formula is C12H21NO2. The first kappa shape index (κ1) is 10.9. The second-order valence-corrected chi connectivity index (χ2v) is 5.04. The zero-order chi connectivity index (χ0) is 10.7. The topological polar surface area (TPSA) is 49.3 Å². The number of rotatable bonds is 5. The molecule has 0 bridgehead atoms. The summed E-state index contributed by atoms with van der Waals surface area (Å²) in [7, 11) is 0. The molecule has 2 fully saturated rings. The average Bonchev–Trinajstić information content (AvgIpc) is 3.01. The van der Waals surface area contributed by atoms with Crippen LogP contribution < -0.4 is 5.32 Å². The highest BCUT2D eigenvalue weighted by atomic mass is 16.4. The normalized spacial score (nSPS) is 25.1. The Labute approximate surface area is 91.2 Å². The molecule has 2 saturated carbocycles. The second kappa shape index (κ2) is 4.97. The lowest BCUT2D eigenvalue weighted by molar-refractivity contribution is -0.138. The summed E-state index contributed by atoms with van der Waals surface area (Å²) in [5, 5.41) is 12.4. The lowest BCUT2D eigenvalue weighted by Crippen LogP contribution is -2.40. The van der Waals surface area contributed by atoms with Crippen molar-refractivity contribution in [2.75, 3.05) is 0 Å². The molecule has 0 aromatic rings. The number of hydrogen-bond acceptors (Lipinski definition) is 2. The van der Waals surface area contributed by atoms with Crippen molar-refractivity contribution in [2.45, 2.75) is 63.5 Å². The van der Waals surface area contributed by atoms with Crippen LogP contribution >= 0.6 is 0 Å². The molecule has 0 aliphatic heterocycles. The molecule has 1 unspecified atom stereocenters. The highest BCUT2D eigenvalue weighted by Gasteiger charge is 2.31. The van der Waals surface area contributed by atoms with Gasteiger partial charge in [-0.25, -0.2) is 0 Å². The average molecular weight is 211 g/mol. The first-order chi connectivity index (χ1) is 7.25. The quantitative estimate of drug-likeness (QED) is 0.732. The summed E-state index contributed by atoms with van der Waals surface area (Å²) in [6.45, 7) is 0. The number of carboxylic acids is 1. The third kappa shape index (κ3) is 3.49. The summed E-state index contributed by atoms with van der Waals surface area (Å²) in [6, 6.07) is 0.853. The standard InChI is InChI=1S/C12H21NO2/c14-12(15)8-11(13-10-6-7-10)9-4-2-1-3-5-9/h9-11,13H,1-8H2,(H,14,15). The second-order valence-electron chi connectivity index (χ2n) is 5.04. The molecule has 0 saturated heterocycles. The van der Waals surface area contributed by atoms with Crippen molar-refractivity contribution in [3.63, 3.8) is 0 Å². The minimum Gasteiger partial charge on any atom is -0.481 e. The Kier molecular flexibility index (Phi) is 3.62. The van der Waals surface area contributed by atoms with E-state index in [1.165, 1.54) is 44.9 Å². The zero-order valence-corrected chi connectivity index (χ0v) is 9.24. The minimum absolute atomic E-state index is 0.232. The molecule has 2 aliphatic carbocycles. The van der Waals surface area contributed by atoms with Gasteiger partial charge in [-0.3, -0.25) is 4.79 Å². The highest BCUT2D eigenvalue weighted by molar-refractivity contribution is 5.67. The van der Waals surface area contributed by atoms with Crippen molar-refractivity contribution < 1.29 is 9.90 Å². The monoisotopic (exact) mass is 211 g/mol. The SMILES string of the molecule is O=C(O)CC(NC1CC1)C1CCCCC1. The highest BCUT2D eigenvalue weighted by Crippen LogP contribution is 2.30. The molecule has 86 valence electrons. The first-order valence-electron chi connectivity index (χ1n) is 6.23. The lowest BCUT2D eigenvalue weighted by Gasteiger charge is -2.30. The van der Waals surface area contributed by atoms with Gasteiger partial charge in [-0.1, -0.05) is 19.3 Å². The molecule has 0 heterocycles. The molecule has 2 rings (SSSR count). The molecule has 0 aromatic carbocycles. The smallest absolute Gasteiger partial charge is 0.304 e. The fraction of sp³-hybridized carbons (Fsp3) is 0.917. The predicted octanol–water partition coefficient (Wildman–Crippen LogP) is 2.16. The van der Waals surface area contributed by atoms with E-state index in [0.29, 0.717) is 18.4 Å². The molecule has 2 aliphatic rings.